The van der Waals surface area contributed by atoms with Crippen LogP contribution in [0.3, 0.4) is 0 Å². The zero-order chi connectivity index (χ0) is 14.8. The zero-order valence-electron chi connectivity index (χ0n) is 12.2. The zero-order valence-corrected chi connectivity index (χ0v) is 13.8. The number of rotatable bonds is 3. The number of nitrogens with zero attached hydrogens (tertiary/aromatic N) is 4. The van der Waals surface area contributed by atoms with E-state index in [4.69, 9.17) is 5.73 Å². The van der Waals surface area contributed by atoms with Crippen molar-refractivity contribution in [3.63, 3.8) is 0 Å². The van der Waals surface area contributed by atoms with E-state index >= 15 is 0 Å². The molecule has 0 radical (unpaired) electrons. The quantitative estimate of drug-likeness (QED) is 0.923. The van der Waals surface area contributed by atoms with E-state index in [0.717, 1.165) is 43.0 Å². The van der Waals surface area contributed by atoms with Crippen LogP contribution in [0.1, 0.15) is 6.92 Å². The summed E-state index contributed by atoms with van der Waals surface area (Å²) in [5.74, 6) is 0.517. The van der Waals surface area contributed by atoms with Gasteiger partial charge in [0.25, 0.3) is 0 Å². The van der Waals surface area contributed by atoms with Crippen molar-refractivity contribution in [3.8, 4) is 5.69 Å². The van der Waals surface area contributed by atoms with Crippen LogP contribution in [-0.2, 0) is 0 Å². The number of halogens is 1. The Morgan fingerprint density at radius 2 is 1.86 bits per heavy atom. The van der Waals surface area contributed by atoms with Crippen LogP contribution in [0.4, 0.5) is 11.5 Å². The molecule has 0 saturated carbocycles. The summed E-state index contributed by atoms with van der Waals surface area (Å²) in [6.07, 6.45) is 0. The Morgan fingerprint density at radius 1 is 1.14 bits per heavy atom. The summed E-state index contributed by atoms with van der Waals surface area (Å²) < 4.78 is 2.69. The third-order valence-electron chi connectivity index (χ3n) is 3.94. The first-order valence-electron chi connectivity index (χ1n) is 7.26. The summed E-state index contributed by atoms with van der Waals surface area (Å²) in [5.41, 5.74) is 8.01. The molecule has 0 amide bonds. The predicted molar refractivity (Wildman–Crippen MR) is 90.0 cm³/mol. The van der Waals surface area contributed by atoms with Gasteiger partial charge in [-0.3, -0.25) is 0 Å². The number of likely N-dealkylation sites (N-methyl/N-ethyl adjacent to an activating group) is 1. The average Bonchev–Trinajstić information content (AvgIpc) is 2.86. The van der Waals surface area contributed by atoms with Gasteiger partial charge in [0, 0.05) is 37.9 Å². The van der Waals surface area contributed by atoms with Gasteiger partial charge in [-0.15, -0.1) is 5.10 Å². The molecule has 1 fully saturated rings. The summed E-state index contributed by atoms with van der Waals surface area (Å²) >= 11 is 3.49. The molecule has 1 aliphatic heterocycles. The van der Waals surface area contributed by atoms with Gasteiger partial charge in [-0.2, -0.15) is 0 Å². The lowest BCUT2D eigenvalue weighted by atomic mass is 10.2. The van der Waals surface area contributed by atoms with E-state index in [1.54, 1.807) is 0 Å². The van der Waals surface area contributed by atoms with Crippen molar-refractivity contribution < 1.29 is 0 Å². The van der Waals surface area contributed by atoms with Crippen molar-refractivity contribution >= 4 is 27.4 Å². The van der Waals surface area contributed by atoms with Crippen LogP contribution in [0.15, 0.2) is 34.9 Å². The number of nitrogen functional groups attached to an aromatic ring is 1. The van der Waals surface area contributed by atoms with Gasteiger partial charge in [-0.25, -0.2) is 4.68 Å². The fraction of sp³-hybridized carbons (Fsp3) is 0.400. The average molecular weight is 350 g/mol. The number of piperazine rings is 1. The monoisotopic (exact) mass is 349 g/mol. The molecule has 0 bridgehead atoms. The number of hydrogen-bond acceptors (Lipinski definition) is 4. The molecule has 0 atom stereocenters. The van der Waals surface area contributed by atoms with E-state index in [9.17, 15) is 0 Å². The molecular weight excluding hydrogens is 330 g/mol. The van der Waals surface area contributed by atoms with E-state index in [1.807, 2.05) is 16.8 Å². The normalized spacial score (nSPS) is 16.4. The Kier molecular flexibility index (Phi) is 4.17. The molecule has 2 heterocycles. The number of hydrogen-bond donors (Lipinski definition) is 1. The number of anilines is 2. The van der Waals surface area contributed by atoms with E-state index in [2.05, 4.69) is 56.0 Å². The van der Waals surface area contributed by atoms with Gasteiger partial charge in [0.05, 0.1) is 5.69 Å². The SMILES string of the molecule is CCN1CCN(c2cccc(-n3nc(N)cc3Br)c2)CC1. The second kappa shape index (κ2) is 6.07. The van der Waals surface area contributed by atoms with Crippen LogP contribution in [0.5, 0.6) is 0 Å². The predicted octanol–water partition coefficient (Wildman–Crippen LogP) is 2.36. The molecule has 3 rings (SSSR count). The Morgan fingerprint density at radius 3 is 2.48 bits per heavy atom. The van der Waals surface area contributed by atoms with Crippen LogP contribution in [0.2, 0.25) is 0 Å². The highest BCUT2D eigenvalue weighted by molar-refractivity contribution is 9.10. The fourth-order valence-electron chi connectivity index (χ4n) is 2.70. The molecule has 1 aromatic carbocycles. The van der Waals surface area contributed by atoms with Crippen LogP contribution in [0, 0.1) is 0 Å². The van der Waals surface area contributed by atoms with Gasteiger partial charge in [0.2, 0.25) is 0 Å². The second-order valence-electron chi connectivity index (χ2n) is 5.24. The van der Waals surface area contributed by atoms with Crippen molar-refractivity contribution in [1.29, 1.82) is 0 Å². The minimum absolute atomic E-state index is 0.517. The molecule has 112 valence electrons. The molecular formula is C15H20BrN5. The van der Waals surface area contributed by atoms with E-state index in [0.29, 0.717) is 5.82 Å². The molecule has 1 aliphatic rings. The fourth-order valence-corrected chi connectivity index (χ4v) is 3.22. The molecule has 6 heteroatoms. The van der Waals surface area contributed by atoms with E-state index < -0.39 is 0 Å². The molecule has 0 unspecified atom stereocenters. The Hall–Kier alpha value is -1.53. The van der Waals surface area contributed by atoms with Crippen LogP contribution in [0.25, 0.3) is 5.69 Å². The summed E-state index contributed by atoms with van der Waals surface area (Å²) in [4.78, 5) is 4.90. The maximum Gasteiger partial charge on any atom is 0.147 e. The van der Waals surface area contributed by atoms with Gasteiger partial charge >= 0.3 is 0 Å². The molecule has 1 aromatic heterocycles. The highest BCUT2D eigenvalue weighted by atomic mass is 79.9. The lowest BCUT2D eigenvalue weighted by Gasteiger charge is -2.35. The summed E-state index contributed by atoms with van der Waals surface area (Å²) in [5, 5.41) is 4.31. The van der Waals surface area contributed by atoms with Gasteiger partial charge in [0.1, 0.15) is 10.4 Å². The second-order valence-corrected chi connectivity index (χ2v) is 6.06. The first-order valence-corrected chi connectivity index (χ1v) is 8.05. The van der Waals surface area contributed by atoms with Crippen molar-refractivity contribution in [1.82, 2.24) is 14.7 Å². The Bertz CT molecular complexity index is 616. The van der Waals surface area contributed by atoms with Gasteiger partial charge < -0.3 is 15.5 Å². The molecule has 2 N–H and O–H groups in total. The maximum atomic E-state index is 5.75. The third kappa shape index (κ3) is 3.06. The Labute approximate surface area is 133 Å². The van der Waals surface area contributed by atoms with Crippen molar-refractivity contribution in [2.24, 2.45) is 0 Å². The highest BCUT2D eigenvalue weighted by Crippen LogP contribution is 2.24. The lowest BCUT2D eigenvalue weighted by Crippen LogP contribution is -2.46. The van der Waals surface area contributed by atoms with E-state index in [-0.39, 0.29) is 0 Å². The van der Waals surface area contributed by atoms with Crippen LogP contribution >= 0.6 is 15.9 Å². The number of nitrogens with two attached hydrogens (primary N) is 1. The number of benzene rings is 1. The molecule has 0 aliphatic carbocycles. The smallest absolute Gasteiger partial charge is 0.147 e. The van der Waals surface area contributed by atoms with Gasteiger partial charge in [0.15, 0.2) is 0 Å². The Balaban J connectivity index is 1.82. The first kappa shape index (κ1) is 14.4. The molecule has 1 saturated heterocycles. The molecule has 2 aromatic rings. The topological polar surface area (TPSA) is 50.3 Å². The van der Waals surface area contributed by atoms with Crippen molar-refractivity contribution in [2.75, 3.05) is 43.4 Å². The molecule has 0 spiro atoms. The molecule has 5 nitrogen and oxygen atoms in total. The summed E-state index contributed by atoms with van der Waals surface area (Å²) in [6, 6.07) is 10.3. The summed E-state index contributed by atoms with van der Waals surface area (Å²) in [6.45, 7) is 7.74. The van der Waals surface area contributed by atoms with Crippen molar-refractivity contribution in [2.45, 2.75) is 6.92 Å². The summed E-state index contributed by atoms with van der Waals surface area (Å²) in [7, 11) is 0. The maximum absolute atomic E-state index is 5.75. The van der Waals surface area contributed by atoms with Crippen molar-refractivity contribution in [3.05, 3.63) is 34.9 Å². The minimum Gasteiger partial charge on any atom is -0.382 e. The van der Waals surface area contributed by atoms with Gasteiger partial charge in [-0.1, -0.05) is 13.0 Å². The standard InChI is InChI=1S/C15H20BrN5/c1-2-19-6-8-20(9-7-19)12-4-3-5-13(10-12)21-14(16)11-15(17)18-21/h3-5,10-11H,2,6-9H2,1H3,(H2,17,18). The number of aromatic nitrogens is 2. The van der Waals surface area contributed by atoms with Crippen LogP contribution < -0.4 is 10.6 Å². The largest absolute Gasteiger partial charge is 0.382 e. The van der Waals surface area contributed by atoms with E-state index in [1.165, 1.54) is 5.69 Å². The van der Waals surface area contributed by atoms with Crippen LogP contribution in [-0.4, -0.2) is 47.4 Å². The first-order chi connectivity index (χ1) is 10.2. The molecule has 21 heavy (non-hydrogen) atoms. The minimum atomic E-state index is 0.517. The van der Waals surface area contributed by atoms with Gasteiger partial charge in [-0.05, 0) is 40.7 Å². The highest BCUT2D eigenvalue weighted by Gasteiger charge is 2.16. The lowest BCUT2D eigenvalue weighted by molar-refractivity contribution is 0.271. The third-order valence-corrected chi connectivity index (χ3v) is 4.51.